The molecule has 7 unspecified atom stereocenters. The van der Waals surface area contributed by atoms with Crippen molar-refractivity contribution in [3.05, 3.63) is 0 Å². The van der Waals surface area contributed by atoms with E-state index in [1.807, 2.05) is 0 Å². The van der Waals surface area contributed by atoms with Crippen LogP contribution in [0.3, 0.4) is 0 Å². The molecule has 0 bridgehead atoms. The van der Waals surface area contributed by atoms with Gasteiger partial charge in [-0.15, -0.1) is 0 Å². The third-order valence-corrected chi connectivity index (χ3v) is 16.2. The normalized spacial score (nSPS) is 15.4. The quantitative estimate of drug-likeness (QED) is 0.0528. The van der Waals surface area contributed by atoms with Crippen LogP contribution in [0.4, 0.5) is 0 Å². The van der Waals surface area contributed by atoms with Crippen molar-refractivity contribution in [1.29, 1.82) is 0 Å². The van der Waals surface area contributed by atoms with Crippen LogP contribution in [0, 0.1) is 23.7 Å². The van der Waals surface area contributed by atoms with Crippen LogP contribution in [-0.4, -0.2) is 108 Å². The minimum Gasteiger partial charge on any atom is -0.392 e. The summed E-state index contributed by atoms with van der Waals surface area (Å²) in [5.41, 5.74) is 0. The van der Waals surface area contributed by atoms with E-state index in [1.54, 1.807) is 0 Å². The molecule has 6 heteroatoms. The van der Waals surface area contributed by atoms with Gasteiger partial charge in [0.2, 0.25) is 0 Å². The predicted molar refractivity (Wildman–Crippen MR) is 303 cm³/mol. The van der Waals surface area contributed by atoms with E-state index in [2.05, 4.69) is 77.1 Å². The molecule has 0 radical (unpaired) electrons. The van der Waals surface area contributed by atoms with Gasteiger partial charge in [-0.1, -0.05) is 280 Å². The van der Waals surface area contributed by atoms with Gasteiger partial charge in [0.15, 0.2) is 0 Å². The summed E-state index contributed by atoms with van der Waals surface area (Å²) >= 11 is 0. The number of nitrogens with zero attached hydrogens (tertiary/aromatic N) is 3. The Morgan fingerprint density at radius 3 is 0.868 bits per heavy atom. The van der Waals surface area contributed by atoms with Crippen LogP contribution in [0.2, 0.25) is 0 Å². The third kappa shape index (κ3) is 43.4. The fourth-order valence-electron chi connectivity index (χ4n) is 10.5. The highest BCUT2D eigenvalue weighted by Gasteiger charge is 2.24. The van der Waals surface area contributed by atoms with Crippen LogP contribution < -0.4 is 0 Å². The molecule has 0 aliphatic carbocycles. The minimum absolute atomic E-state index is 0.271. The minimum atomic E-state index is -0.367. The van der Waals surface area contributed by atoms with Gasteiger partial charge >= 0.3 is 0 Å². The van der Waals surface area contributed by atoms with Gasteiger partial charge in [-0.3, -0.25) is 9.80 Å². The lowest BCUT2D eigenvalue weighted by atomic mass is 9.89. The van der Waals surface area contributed by atoms with Crippen LogP contribution in [0.1, 0.15) is 299 Å². The summed E-state index contributed by atoms with van der Waals surface area (Å²) in [6.07, 6.45) is 48.8. The maximum Gasteiger partial charge on any atom is 0.0692 e. The van der Waals surface area contributed by atoms with Crippen LogP contribution in [0.15, 0.2) is 0 Å². The summed E-state index contributed by atoms with van der Waals surface area (Å²) in [5.74, 6) is 1.88. The van der Waals surface area contributed by atoms with E-state index < -0.39 is 0 Å². The molecular formula is C62H129N3O3. The van der Waals surface area contributed by atoms with Gasteiger partial charge in [0.1, 0.15) is 0 Å². The lowest BCUT2D eigenvalue weighted by Crippen LogP contribution is -2.45. The summed E-state index contributed by atoms with van der Waals surface area (Å²) in [5, 5.41) is 34.5. The number of hydrogen-bond donors (Lipinski definition) is 3. The van der Waals surface area contributed by atoms with Gasteiger partial charge in [0.05, 0.1) is 18.3 Å². The number of aliphatic hydroxyl groups excluding tert-OH is 3. The molecule has 3 N–H and O–H groups in total. The monoisotopic (exact) mass is 964 g/mol. The summed E-state index contributed by atoms with van der Waals surface area (Å²) in [6, 6.07) is 0. The first-order valence-corrected chi connectivity index (χ1v) is 31.2. The van der Waals surface area contributed by atoms with Crippen molar-refractivity contribution >= 4 is 0 Å². The molecule has 0 fully saturated rings. The Bertz CT molecular complexity index is 951. The molecule has 0 spiro atoms. The summed E-state index contributed by atoms with van der Waals surface area (Å²) in [7, 11) is 2.26. The molecule has 0 saturated carbocycles. The first-order chi connectivity index (χ1) is 33.0. The lowest BCUT2D eigenvalue weighted by molar-refractivity contribution is 0.0345. The van der Waals surface area contributed by atoms with Crippen molar-refractivity contribution in [2.24, 2.45) is 23.7 Å². The second-order valence-electron chi connectivity index (χ2n) is 23.3. The number of unbranched alkanes of at least 4 members (excludes halogenated alkanes) is 30. The van der Waals surface area contributed by atoms with Crippen molar-refractivity contribution < 1.29 is 15.3 Å². The Hall–Kier alpha value is -0.240. The molecule has 0 aromatic carbocycles. The van der Waals surface area contributed by atoms with Crippen LogP contribution in [-0.2, 0) is 0 Å². The maximum atomic E-state index is 11.6. The molecule has 0 saturated heterocycles. The Labute approximate surface area is 429 Å². The second-order valence-corrected chi connectivity index (χ2v) is 23.3. The number of likely N-dealkylation sites (N-methyl/N-ethyl adjacent to an activating group) is 1. The molecule has 0 aliphatic heterocycles. The molecule has 0 aliphatic rings. The zero-order valence-corrected chi connectivity index (χ0v) is 48.3. The van der Waals surface area contributed by atoms with Gasteiger partial charge in [-0.25, -0.2) is 0 Å². The van der Waals surface area contributed by atoms with Crippen molar-refractivity contribution in [3.63, 3.8) is 0 Å². The molecule has 0 aromatic rings. The van der Waals surface area contributed by atoms with E-state index in [-0.39, 0.29) is 24.2 Å². The largest absolute Gasteiger partial charge is 0.392 e. The van der Waals surface area contributed by atoms with Crippen molar-refractivity contribution in [2.75, 3.05) is 59.4 Å². The third-order valence-electron chi connectivity index (χ3n) is 16.2. The van der Waals surface area contributed by atoms with Crippen molar-refractivity contribution in [1.82, 2.24) is 14.7 Å². The zero-order valence-electron chi connectivity index (χ0n) is 48.3. The molecule has 0 heterocycles. The molecule has 0 rings (SSSR count). The first-order valence-electron chi connectivity index (χ1n) is 31.2. The summed E-state index contributed by atoms with van der Waals surface area (Å²) in [6.45, 7) is 25.4. The smallest absolute Gasteiger partial charge is 0.0692 e. The van der Waals surface area contributed by atoms with Crippen LogP contribution >= 0.6 is 0 Å². The van der Waals surface area contributed by atoms with Crippen LogP contribution in [0.25, 0.3) is 0 Å². The van der Waals surface area contributed by atoms with E-state index in [0.717, 1.165) is 65.0 Å². The highest BCUT2D eigenvalue weighted by molar-refractivity contribution is 4.77. The van der Waals surface area contributed by atoms with Gasteiger partial charge in [-0.05, 0) is 50.0 Å². The van der Waals surface area contributed by atoms with E-state index in [0.29, 0.717) is 30.8 Å². The van der Waals surface area contributed by atoms with Crippen molar-refractivity contribution in [2.45, 2.75) is 318 Å². The average Bonchev–Trinajstić information content (AvgIpc) is 3.32. The highest BCUT2D eigenvalue weighted by atomic mass is 16.3. The van der Waals surface area contributed by atoms with E-state index in [1.165, 1.54) is 218 Å². The van der Waals surface area contributed by atoms with Crippen molar-refractivity contribution in [3.8, 4) is 0 Å². The van der Waals surface area contributed by atoms with E-state index in [9.17, 15) is 15.3 Å². The van der Waals surface area contributed by atoms with Crippen LogP contribution in [0.5, 0.6) is 0 Å². The number of aliphatic hydroxyl groups is 3. The fourth-order valence-corrected chi connectivity index (χ4v) is 10.5. The Balaban J connectivity index is 5.45. The number of hydrogen-bond acceptors (Lipinski definition) is 6. The fraction of sp³-hybridized carbons (Fsp3) is 1.00. The SMILES string of the molecule is CCCCCCCCCCCCC(O)CN(CCN(C)CCN(CC(C)C(C)CCCCCCCCCC)CC(O)C(C)CCCCCCCCCC)CC(O)C(C)CCCCCCCCCC. The predicted octanol–water partition coefficient (Wildman–Crippen LogP) is 17.1. The van der Waals surface area contributed by atoms with Gasteiger partial charge in [0, 0.05) is 52.4 Å². The van der Waals surface area contributed by atoms with Gasteiger partial charge < -0.3 is 20.2 Å². The Morgan fingerprint density at radius 2 is 0.544 bits per heavy atom. The molecule has 0 amide bonds. The maximum absolute atomic E-state index is 11.6. The Morgan fingerprint density at radius 1 is 0.279 bits per heavy atom. The molecule has 6 nitrogen and oxygen atoms in total. The number of rotatable bonds is 55. The summed E-state index contributed by atoms with van der Waals surface area (Å²) < 4.78 is 0. The standard InChI is InChI=1S/C62H129N3O3/c1-10-14-18-22-26-30-31-35-39-43-47-60(66)53-65(55-62(68)58(7)46-42-38-34-29-25-21-17-13-4)51-49-63(9)48-50-64(52-59(8)56(5)44-40-36-32-27-23-19-15-11-2)54-61(67)57(6)45-41-37-33-28-24-20-16-12-3/h56-62,66-68H,10-55H2,1-9H3. The van der Waals surface area contributed by atoms with E-state index in [4.69, 9.17) is 0 Å². The average molecular weight is 965 g/mol. The molecule has 410 valence electrons. The Kier molecular flexibility index (Phi) is 50.1. The topological polar surface area (TPSA) is 70.4 Å². The zero-order chi connectivity index (χ0) is 50.3. The molecular weight excluding hydrogens is 835 g/mol. The lowest BCUT2D eigenvalue weighted by Gasteiger charge is -2.34. The van der Waals surface area contributed by atoms with E-state index >= 15 is 0 Å². The first kappa shape index (κ1) is 67.8. The molecule has 7 atom stereocenters. The van der Waals surface area contributed by atoms with Gasteiger partial charge in [0.25, 0.3) is 0 Å². The molecule has 0 aromatic heterocycles. The summed E-state index contributed by atoms with van der Waals surface area (Å²) in [4.78, 5) is 7.45. The highest BCUT2D eigenvalue weighted by Crippen LogP contribution is 2.23. The second kappa shape index (κ2) is 50.3. The molecule has 68 heavy (non-hydrogen) atoms. The van der Waals surface area contributed by atoms with Gasteiger partial charge in [-0.2, -0.15) is 0 Å².